The minimum atomic E-state index is 0.289. The van der Waals surface area contributed by atoms with Crippen molar-refractivity contribution < 1.29 is 4.74 Å². The molecule has 0 amide bonds. The minimum Gasteiger partial charge on any atom is -0.382 e. The van der Waals surface area contributed by atoms with E-state index in [0.29, 0.717) is 6.04 Å². The first kappa shape index (κ1) is 14.4. The van der Waals surface area contributed by atoms with E-state index in [-0.39, 0.29) is 6.10 Å². The molecule has 0 radical (unpaired) electrons. The highest BCUT2D eigenvalue weighted by molar-refractivity contribution is 5.51. The standard InChI is InChI=1S/C16H26N2O/c1-12(2)18-7-8-19-15(11-18)10-17-16-6-5-13(3)9-14(16)4/h5-6,9,12,15,17H,7-8,10-11H2,1-4H3. The molecule has 1 aliphatic rings. The SMILES string of the molecule is Cc1ccc(NCC2CN(C(C)C)CCO2)c(C)c1. The summed E-state index contributed by atoms with van der Waals surface area (Å²) in [6.45, 7) is 12.6. The molecule has 1 fully saturated rings. The average Bonchev–Trinajstić information content (AvgIpc) is 2.38. The second kappa shape index (κ2) is 6.40. The predicted octanol–water partition coefficient (Wildman–Crippen LogP) is 2.82. The fourth-order valence-electron chi connectivity index (χ4n) is 2.57. The average molecular weight is 262 g/mol. The predicted molar refractivity (Wildman–Crippen MR) is 80.9 cm³/mol. The Hall–Kier alpha value is -1.06. The molecule has 2 rings (SSSR count). The van der Waals surface area contributed by atoms with Gasteiger partial charge in [0.1, 0.15) is 0 Å². The van der Waals surface area contributed by atoms with Gasteiger partial charge in [-0.3, -0.25) is 4.90 Å². The molecule has 1 unspecified atom stereocenters. The van der Waals surface area contributed by atoms with Gasteiger partial charge in [0.15, 0.2) is 0 Å². The molecule has 1 aromatic carbocycles. The summed E-state index contributed by atoms with van der Waals surface area (Å²) in [7, 11) is 0. The van der Waals surface area contributed by atoms with Gasteiger partial charge in [-0.1, -0.05) is 17.7 Å². The van der Waals surface area contributed by atoms with E-state index in [9.17, 15) is 0 Å². The Labute approximate surface area is 116 Å². The van der Waals surface area contributed by atoms with Crippen molar-refractivity contribution in [3.05, 3.63) is 29.3 Å². The Balaban J connectivity index is 1.88. The molecule has 1 atom stereocenters. The zero-order chi connectivity index (χ0) is 13.8. The molecule has 1 aliphatic heterocycles. The maximum Gasteiger partial charge on any atom is 0.0874 e. The highest BCUT2D eigenvalue weighted by Crippen LogP contribution is 2.17. The molecule has 1 aromatic rings. The van der Waals surface area contributed by atoms with E-state index in [1.165, 1.54) is 16.8 Å². The van der Waals surface area contributed by atoms with Crippen molar-refractivity contribution in [2.24, 2.45) is 0 Å². The number of nitrogens with one attached hydrogen (secondary N) is 1. The van der Waals surface area contributed by atoms with E-state index in [2.05, 4.69) is 56.1 Å². The maximum absolute atomic E-state index is 5.84. The third-order valence-corrected chi connectivity index (χ3v) is 3.80. The van der Waals surface area contributed by atoms with Crippen LogP contribution in [-0.4, -0.2) is 43.3 Å². The van der Waals surface area contributed by atoms with Gasteiger partial charge in [0.25, 0.3) is 0 Å². The van der Waals surface area contributed by atoms with Crippen molar-refractivity contribution in [1.29, 1.82) is 0 Å². The largest absolute Gasteiger partial charge is 0.382 e. The first-order chi connectivity index (χ1) is 9.06. The molecule has 1 N–H and O–H groups in total. The highest BCUT2D eigenvalue weighted by Gasteiger charge is 2.21. The van der Waals surface area contributed by atoms with Crippen LogP contribution in [0.15, 0.2) is 18.2 Å². The van der Waals surface area contributed by atoms with Gasteiger partial charge in [-0.25, -0.2) is 0 Å². The molecule has 0 bridgehead atoms. The van der Waals surface area contributed by atoms with Crippen LogP contribution in [0, 0.1) is 13.8 Å². The van der Waals surface area contributed by atoms with Crippen molar-refractivity contribution in [3.63, 3.8) is 0 Å². The van der Waals surface area contributed by atoms with E-state index >= 15 is 0 Å². The quantitative estimate of drug-likeness (QED) is 0.903. The Kier molecular flexibility index (Phi) is 4.83. The number of aryl methyl sites for hydroxylation is 2. The van der Waals surface area contributed by atoms with Gasteiger partial charge in [-0.2, -0.15) is 0 Å². The molecule has 106 valence electrons. The summed E-state index contributed by atoms with van der Waals surface area (Å²) in [6, 6.07) is 7.13. The summed E-state index contributed by atoms with van der Waals surface area (Å²) >= 11 is 0. The lowest BCUT2D eigenvalue weighted by Crippen LogP contribution is -2.48. The number of rotatable bonds is 4. The van der Waals surface area contributed by atoms with Crippen LogP contribution in [-0.2, 0) is 4.74 Å². The zero-order valence-electron chi connectivity index (χ0n) is 12.6. The second-order valence-corrected chi connectivity index (χ2v) is 5.78. The van der Waals surface area contributed by atoms with Gasteiger partial charge in [0.05, 0.1) is 12.7 Å². The van der Waals surface area contributed by atoms with Crippen LogP contribution in [0.5, 0.6) is 0 Å². The summed E-state index contributed by atoms with van der Waals surface area (Å²) < 4.78 is 5.84. The second-order valence-electron chi connectivity index (χ2n) is 5.78. The van der Waals surface area contributed by atoms with Crippen molar-refractivity contribution in [2.75, 3.05) is 31.6 Å². The monoisotopic (exact) mass is 262 g/mol. The van der Waals surface area contributed by atoms with Gasteiger partial charge < -0.3 is 10.1 Å². The fraction of sp³-hybridized carbons (Fsp3) is 0.625. The van der Waals surface area contributed by atoms with E-state index < -0.39 is 0 Å². The number of hydrogen-bond acceptors (Lipinski definition) is 3. The third-order valence-electron chi connectivity index (χ3n) is 3.80. The molecular formula is C16H26N2O. The highest BCUT2D eigenvalue weighted by atomic mass is 16.5. The van der Waals surface area contributed by atoms with Crippen LogP contribution in [0.3, 0.4) is 0 Å². The molecule has 0 saturated carbocycles. The van der Waals surface area contributed by atoms with Gasteiger partial charge in [0.2, 0.25) is 0 Å². The van der Waals surface area contributed by atoms with Crippen LogP contribution in [0.2, 0.25) is 0 Å². The number of hydrogen-bond donors (Lipinski definition) is 1. The zero-order valence-corrected chi connectivity index (χ0v) is 12.6. The van der Waals surface area contributed by atoms with Gasteiger partial charge in [-0.05, 0) is 39.3 Å². The first-order valence-electron chi connectivity index (χ1n) is 7.23. The molecule has 0 aromatic heterocycles. The Morgan fingerprint density at radius 3 is 2.84 bits per heavy atom. The molecule has 3 nitrogen and oxygen atoms in total. The molecular weight excluding hydrogens is 236 g/mol. The number of morpholine rings is 1. The maximum atomic E-state index is 5.84. The number of anilines is 1. The molecule has 3 heteroatoms. The first-order valence-corrected chi connectivity index (χ1v) is 7.23. The summed E-state index contributed by atoms with van der Waals surface area (Å²) in [6.07, 6.45) is 0.289. The number of benzene rings is 1. The summed E-state index contributed by atoms with van der Waals surface area (Å²) in [5, 5.41) is 3.52. The lowest BCUT2D eigenvalue weighted by molar-refractivity contribution is -0.0315. The number of nitrogens with zero attached hydrogens (tertiary/aromatic N) is 1. The van der Waals surface area contributed by atoms with Gasteiger partial charge in [-0.15, -0.1) is 0 Å². The summed E-state index contributed by atoms with van der Waals surface area (Å²) in [4.78, 5) is 2.48. The Morgan fingerprint density at radius 1 is 1.37 bits per heavy atom. The van der Waals surface area contributed by atoms with Crippen LogP contribution < -0.4 is 5.32 Å². The van der Waals surface area contributed by atoms with Gasteiger partial charge in [0, 0.05) is 31.4 Å². The Morgan fingerprint density at radius 2 is 2.16 bits per heavy atom. The smallest absolute Gasteiger partial charge is 0.0874 e. The van der Waals surface area contributed by atoms with E-state index in [4.69, 9.17) is 4.74 Å². The van der Waals surface area contributed by atoms with Crippen LogP contribution in [0.25, 0.3) is 0 Å². The lowest BCUT2D eigenvalue weighted by atomic mass is 10.1. The Bertz CT molecular complexity index is 417. The number of ether oxygens (including phenoxy) is 1. The van der Waals surface area contributed by atoms with E-state index in [0.717, 1.165) is 26.2 Å². The fourth-order valence-corrected chi connectivity index (χ4v) is 2.57. The van der Waals surface area contributed by atoms with Gasteiger partial charge >= 0.3 is 0 Å². The normalized spacial score (nSPS) is 20.8. The van der Waals surface area contributed by atoms with E-state index in [1.54, 1.807) is 0 Å². The summed E-state index contributed by atoms with van der Waals surface area (Å²) in [5.74, 6) is 0. The molecule has 1 heterocycles. The minimum absolute atomic E-state index is 0.289. The van der Waals surface area contributed by atoms with Crippen LogP contribution >= 0.6 is 0 Å². The molecule has 0 aliphatic carbocycles. The molecule has 0 spiro atoms. The van der Waals surface area contributed by atoms with Crippen molar-refractivity contribution in [3.8, 4) is 0 Å². The lowest BCUT2D eigenvalue weighted by Gasteiger charge is -2.35. The third kappa shape index (κ3) is 3.95. The van der Waals surface area contributed by atoms with Crippen LogP contribution in [0.1, 0.15) is 25.0 Å². The van der Waals surface area contributed by atoms with Crippen molar-refractivity contribution in [1.82, 2.24) is 4.90 Å². The van der Waals surface area contributed by atoms with Crippen molar-refractivity contribution in [2.45, 2.75) is 39.8 Å². The molecule has 19 heavy (non-hydrogen) atoms. The van der Waals surface area contributed by atoms with Crippen LogP contribution in [0.4, 0.5) is 5.69 Å². The summed E-state index contributed by atoms with van der Waals surface area (Å²) in [5.41, 5.74) is 3.83. The topological polar surface area (TPSA) is 24.5 Å². The van der Waals surface area contributed by atoms with Crippen molar-refractivity contribution >= 4 is 5.69 Å². The van der Waals surface area contributed by atoms with E-state index in [1.807, 2.05) is 0 Å². The molecule has 1 saturated heterocycles.